The summed E-state index contributed by atoms with van der Waals surface area (Å²) in [7, 11) is 0. The third-order valence-corrected chi connectivity index (χ3v) is 3.72. The summed E-state index contributed by atoms with van der Waals surface area (Å²) in [5, 5.41) is 17.7. The normalized spacial score (nSPS) is 16.4. The number of hydrogen-bond acceptors (Lipinski definition) is 4. The lowest BCUT2D eigenvalue weighted by atomic mass is 10.1. The Kier molecular flexibility index (Phi) is 5.20. The maximum absolute atomic E-state index is 8.99. The quantitative estimate of drug-likeness (QED) is 0.923. The molecule has 0 saturated carbocycles. The zero-order chi connectivity index (χ0) is 13.7. The number of rotatable bonds is 4. The summed E-state index contributed by atoms with van der Waals surface area (Å²) in [4.78, 5) is 2.27. The number of nitriles is 1. The van der Waals surface area contributed by atoms with Gasteiger partial charge in [0.2, 0.25) is 0 Å². The average molecular weight is 325 g/mol. The molecule has 2 rings (SSSR count). The summed E-state index contributed by atoms with van der Waals surface area (Å²) in [6, 6.07) is 7.95. The molecular weight excluding hydrogens is 308 g/mol. The van der Waals surface area contributed by atoms with Crippen LogP contribution in [0.3, 0.4) is 0 Å². The van der Waals surface area contributed by atoms with Gasteiger partial charge in [-0.3, -0.25) is 0 Å². The highest BCUT2D eigenvalue weighted by Gasteiger charge is 2.20. The van der Waals surface area contributed by atoms with E-state index in [-0.39, 0.29) is 12.7 Å². The van der Waals surface area contributed by atoms with Crippen LogP contribution in [0.4, 0.5) is 5.69 Å². The Bertz CT molecular complexity index is 465. The Balaban J connectivity index is 1.98. The first-order chi connectivity index (χ1) is 9.22. The first-order valence-corrected chi connectivity index (χ1v) is 7.20. The van der Waals surface area contributed by atoms with E-state index in [9.17, 15) is 0 Å². The number of ether oxygens (including phenoxy) is 1. The van der Waals surface area contributed by atoms with Crippen LogP contribution in [0.2, 0.25) is 0 Å². The van der Waals surface area contributed by atoms with Gasteiger partial charge in [0.1, 0.15) is 0 Å². The van der Waals surface area contributed by atoms with Crippen LogP contribution in [-0.4, -0.2) is 37.5 Å². The van der Waals surface area contributed by atoms with Crippen LogP contribution in [0.1, 0.15) is 18.4 Å². The fourth-order valence-electron chi connectivity index (χ4n) is 2.32. The molecule has 19 heavy (non-hydrogen) atoms. The lowest BCUT2D eigenvalue weighted by molar-refractivity contribution is 0.0159. The van der Waals surface area contributed by atoms with Gasteiger partial charge >= 0.3 is 0 Å². The second-order valence-corrected chi connectivity index (χ2v) is 5.51. The second kappa shape index (κ2) is 6.90. The van der Waals surface area contributed by atoms with Crippen molar-refractivity contribution >= 4 is 21.6 Å². The molecule has 1 heterocycles. The van der Waals surface area contributed by atoms with Gasteiger partial charge in [-0.1, -0.05) is 15.9 Å². The minimum Gasteiger partial charge on any atom is -0.394 e. The molecule has 0 spiro atoms. The van der Waals surface area contributed by atoms with E-state index in [0.717, 1.165) is 36.1 Å². The van der Waals surface area contributed by atoms with E-state index in [1.165, 1.54) is 0 Å². The molecule has 0 bridgehead atoms. The number of anilines is 1. The third kappa shape index (κ3) is 3.93. The SMILES string of the molecule is N#Cc1cc(Br)cc(N2CCC(OCCO)CC2)c1. The van der Waals surface area contributed by atoms with E-state index in [2.05, 4.69) is 26.9 Å². The molecule has 1 aromatic carbocycles. The smallest absolute Gasteiger partial charge is 0.0992 e. The van der Waals surface area contributed by atoms with Gasteiger partial charge in [-0.25, -0.2) is 0 Å². The standard InChI is InChI=1S/C14H17BrN2O2/c15-12-7-11(10-16)8-13(9-12)17-3-1-14(2-4-17)19-6-5-18/h7-9,14,18H,1-6H2. The summed E-state index contributed by atoms with van der Waals surface area (Å²) < 4.78 is 6.48. The Morgan fingerprint density at radius 3 is 2.74 bits per heavy atom. The number of halogens is 1. The third-order valence-electron chi connectivity index (χ3n) is 3.26. The molecule has 102 valence electrons. The van der Waals surface area contributed by atoms with Crippen molar-refractivity contribution in [3.05, 3.63) is 28.2 Å². The molecule has 0 aromatic heterocycles. The predicted molar refractivity (Wildman–Crippen MR) is 77.1 cm³/mol. The van der Waals surface area contributed by atoms with Crippen LogP contribution in [0.25, 0.3) is 0 Å². The first-order valence-electron chi connectivity index (χ1n) is 6.41. The molecule has 1 aromatic rings. The van der Waals surface area contributed by atoms with Crippen molar-refractivity contribution in [3.63, 3.8) is 0 Å². The zero-order valence-corrected chi connectivity index (χ0v) is 12.3. The lowest BCUT2D eigenvalue weighted by Gasteiger charge is -2.33. The Labute approximate surface area is 121 Å². The summed E-state index contributed by atoms with van der Waals surface area (Å²) in [6.07, 6.45) is 2.15. The average Bonchev–Trinajstić information content (AvgIpc) is 2.45. The minimum absolute atomic E-state index is 0.0807. The highest BCUT2D eigenvalue weighted by molar-refractivity contribution is 9.10. The van der Waals surface area contributed by atoms with Crippen molar-refractivity contribution in [3.8, 4) is 6.07 Å². The van der Waals surface area contributed by atoms with Crippen molar-refractivity contribution in [1.82, 2.24) is 0 Å². The van der Waals surface area contributed by atoms with E-state index in [1.807, 2.05) is 18.2 Å². The number of piperidine rings is 1. The van der Waals surface area contributed by atoms with Gasteiger partial charge in [0.15, 0.2) is 0 Å². The number of benzene rings is 1. The summed E-state index contributed by atoms with van der Waals surface area (Å²) in [5.74, 6) is 0. The lowest BCUT2D eigenvalue weighted by Crippen LogP contribution is -2.37. The topological polar surface area (TPSA) is 56.5 Å². The van der Waals surface area contributed by atoms with Gasteiger partial charge in [0, 0.05) is 23.2 Å². The van der Waals surface area contributed by atoms with Crippen LogP contribution in [0.5, 0.6) is 0 Å². The van der Waals surface area contributed by atoms with E-state index in [4.69, 9.17) is 15.1 Å². The van der Waals surface area contributed by atoms with E-state index >= 15 is 0 Å². The molecule has 1 aliphatic heterocycles. The molecule has 0 amide bonds. The predicted octanol–water partition coefficient (Wildman–Crippen LogP) is 2.30. The highest BCUT2D eigenvalue weighted by atomic mass is 79.9. The molecule has 1 fully saturated rings. The fraction of sp³-hybridized carbons (Fsp3) is 0.500. The van der Waals surface area contributed by atoms with Crippen molar-refractivity contribution in [2.24, 2.45) is 0 Å². The van der Waals surface area contributed by atoms with Crippen LogP contribution in [-0.2, 0) is 4.74 Å². The van der Waals surface area contributed by atoms with Gasteiger partial charge in [0.25, 0.3) is 0 Å². The largest absolute Gasteiger partial charge is 0.394 e. The Morgan fingerprint density at radius 2 is 2.11 bits per heavy atom. The van der Waals surface area contributed by atoms with E-state index < -0.39 is 0 Å². The number of aliphatic hydroxyl groups excluding tert-OH is 1. The Hall–Kier alpha value is -1.09. The van der Waals surface area contributed by atoms with Gasteiger partial charge in [-0.15, -0.1) is 0 Å². The summed E-state index contributed by atoms with van der Waals surface area (Å²) in [6.45, 7) is 2.33. The van der Waals surface area contributed by atoms with Gasteiger partial charge in [-0.05, 0) is 31.0 Å². The monoisotopic (exact) mass is 324 g/mol. The first kappa shape index (κ1) is 14.3. The molecule has 1 aliphatic rings. The van der Waals surface area contributed by atoms with E-state index in [0.29, 0.717) is 12.2 Å². The molecule has 4 nitrogen and oxygen atoms in total. The van der Waals surface area contributed by atoms with Crippen molar-refractivity contribution in [1.29, 1.82) is 5.26 Å². The second-order valence-electron chi connectivity index (χ2n) is 4.59. The van der Waals surface area contributed by atoms with Gasteiger partial charge < -0.3 is 14.7 Å². The number of nitrogens with zero attached hydrogens (tertiary/aromatic N) is 2. The zero-order valence-electron chi connectivity index (χ0n) is 10.7. The minimum atomic E-state index is 0.0807. The molecule has 0 radical (unpaired) electrons. The van der Waals surface area contributed by atoms with E-state index in [1.54, 1.807) is 0 Å². The van der Waals surface area contributed by atoms with Gasteiger partial charge in [-0.2, -0.15) is 5.26 Å². The van der Waals surface area contributed by atoms with Crippen LogP contribution < -0.4 is 4.90 Å². The Morgan fingerprint density at radius 1 is 1.37 bits per heavy atom. The molecule has 0 aliphatic carbocycles. The summed E-state index contributed by atoms with van der Waals surface area (Å²) in [5.41, 5.74) is 1.74. The molecule has 5 heteroatoms. The van der Waals surface area contributed by atoms with Crippen molar-refractivity contribution in [2.45, 2.75) is 18.9 Å². The molecule has 0 atom stereocenters. The number of aliphatic hydroxyl groups is 1. The molecule has 0 unspecified atom stereocenters. The molecule has 1 saturated heterocycles. The maximum atomic E-state index is 8.99. The highest BCUT2D eigenvalue weighted by Crippen LogP contribution is 2.26. The van der Waals surface area contributed by atoms with Crippen LogP contribution in [0, 0.1) is 11.3 Å². The summed E-state index contributed by atoms with van der Waals surface area (Å²) >= 11 is 3.44. The van der Waals surface area contributed by atoms with Gasteiger partial charge in [0.05, 0.1) is 31.0 Å². The van der Waals surface area contributed by atoms with Crippen LogP contribution >= 0.6 is 15.9 Å². The maximum Gasteiger partial charge on any atom is 0.0992 e. The fourth-order valence-corrected chi connectivity index (χ4v) is 2.80. The number of hydrogen-bond donors (Lipinski definition) is 1. The molecular formula is C14H17BrN2O2. The molecule has 1 N–H and O–H groups in total. The van der Waals surface area contributed by atoms with Crippen molar-refractivity contribution in [2.75, 3.05) is 31.2 Å². The van der Waals surface area contributed by atoms with Crippen LogP contribution in [0.15, 0.2) is 22.7 Å². The van der Waals surface area contributed by atoms with Crippen molar-refractivity contribution < 1.29 is 9.84 Å².